The summed E-state index contributed by atoms with van der Waals surface area (Å²) in [5.74, 6) is -1.03. The minimum absolute atomic E-state index is 0.0500. The zero-order valence-corrected chi connectivity index (χ0v) is 16.1. The summed E-state index contributed by atoms with van der Waals surface area (Å²) < 4.78 is 30.3. The monoisotopic (exact) mass is 417 g/mol. The van der Waals surface area contributed by atoms with Gasteiger partial charge in [0, 0.05) is 10.9 Å². The van der Waals surface area contributed by atoms with Crippen molar-refractivity contribution in [2.45, 2.75) is 44.9 Å². The number of hydrogen-bond donors (Lipinski definition) is 0. The molecule has 0 spiro atoms. The van der Waals surface area contributed by atoms with E-state index in [1.165, 1.54) is 24.1 Å². The summed E-state index contributed by atoms with van der Waals surface area (Å²) in [5.41, 5.74) is -0.701. The summed E-state index contributed by atoms with van der Waals surface area (Å²) in [7, 11) is 1.25. The van der Waals surface area contributed by atoms with E-state index in [0.717, 1.165) is 0 Å². The molecule has 1 amide bonds. The summed E-state index contributed by atoms with van der Waals surface area (Å²) in [4.78, 5) is 25.6. The number of nitrogens with zero attached hydrogens (tertiary/aromatic N) is 1. The van der Waals surface area contributed by atoms with Crippen LogP contribution in [0, 0.1) is 5.82 Å². The van der Waals surface area contributed by atoms with E-state index in [4.69, 9.17) is 14.2 Å². The van der Waals surface area contributed by atoms with Crippen LogP contribution in [-0.4, -0.2) is 48.4 Å². The maximum Gasteiger partial charge on any atom is 0.411 e. The first-order chi connectivity index (χ1) is 11.6. The first kappa shape index (κ1) is 19.5. The molecule has 25 heavy (non-hydrogen) atoms. The highest BCUT2D eigenvalue weighted by Gasteiger charge is 2.43. The van der Waals surface area contributed by atoms with Crippen LogP contribution in [0.3, 0.4) is 0 Å². The number of likely N-dealkylation sites (tertiary alicyclic amines) is 1. The first-order valence-corrected chi connectivity index (χ1v) is 8.59. The predicted octanol–water partition coefficient (Wildman–Crippen LogP) is 3.52. The highest BCUT2D eigenvalue weighted by Crippen LogP contribution is 2.29. The van der Waals surface area contributed by atoms with Gasteiger partial charge in [-0.3, -0.25) is 4.90 Å². The molecule has 2 rings (SSSR count). The third-order valence-electron chi connectivity index (χ3n) is 3.55. The summed E-state index contributed by atoms with van der Waals surface area (Å²) in [6.45, 7) is 5.30. The lowest BCUT2D eigenvalue weighted by Gasteiger charge is -2.27. The van der Waals surface area contributed by atoms with Crippen molar-refractivity contribution >= 4 is 28.0 Å². The van der Waals surface area contributed by atoms with Gasteiger partial charge in [0.15, 0.2) is 11.6 Å². The third-order valence-corrected chi connectivity index (χ3v) is 4.04. The fourth-order valence-corrected chi connectivity index (χ4v) is 2.85. The second-order valence-corrected chi connectivity index (χ2v) is 7.64. The van der Waals surface area contributed by atoms with Gasteiger partial charge in [-0.05, 0) is 39.0 Å². The Balaban J connectivity index is 2.16. The van der Waals surface area contributed by atoms with Gasteiger partial charge in [-0.25, -0.2) is 14.0 Å². The number of amides is 1. The molecule has 0 bridgehead atoms. The number of halogens is 2. The second kappa shape index (κ2) is 7.59. The normalized spacial score (nSPS) is 20.3. The topological polar surface area (TPSA) is 65.1 Å². The van der Waals surface area contributed by atoms with Gasteiger partial charge in [-0.15, -0.1) is 0 Å². The lowest BCUT2D eigenvalue weighted by atomic mass is 10.2. The summed E-state index contributed by atoms with van der Waals surface area (Å²) in [6.07, 6.45) is -0.998. The van der Waals surface area contributed by atoms with Crippen LogP contribution in [0.1, 0.15) is 27.2 Å². The minimum atomic E-state index is -0.833. The van der Waals surface area contributed by atoms with Crippen molar-refractivity contribution < 1.29 is 28.2 Å². The molecule has 6 nitrogen and oxygen atoms in total. The maximum atomic E-state index is 13.9. The van der Waals surface area contributed by atoms with Gasteiger partial charge in [0.2, 0.25) is 0 Å². The van der Waals surface area contributed by atoms with Gasteiger partial charge in [-0.2, -0.15) is 0 Å². The lowest BCUT2D eigenvalue weighted by Crippen LogP contribution is -2.44. The Bertz CT molecular complexity index is 661. The van der Waals surface area contributed by atoms with Gasteiger partial charge < -0.3 is 14.2 Å². The summed E-state index contributed by atoms with van der Waals surface area (Å²) in [6, 6.07) is 3.50. The molecule has 0 aliphatic carbocycles. The van der Waals surface area contributed by atoms with Crippen molar-refractivity contribution in [3.63, 3.8) is 0 Å². The lowest BCUT2D eigenvalue weighted by molar-refractivity contribution is -0.145. The molecule has 1 aliphatic heterocycles. The Morgan fingerprint density at radius 2 is 2.00 bits per heavy atom. The molecule has 0 saturated carbocycles. The standard InChI is InChI=1S/C17H21BrFNO5/c1-17(2,3)25-16(22)20-9-11(8-13(20)15(21)23-4)24-14-7-10(18)5-6-12(14)19/h5-7,11,13H,8-9H2,1-4H3/t11-,13-/m0/s1. The average molecular weight is 418 g/mol. The first-order valence-electron chi connectivity index (χ1n) is 7.80. The van der Waals surface area contributed by atoms with Crippen LogP contribution in [0.15, 0.2) is 22.7 Å². The Morgan fingerprint density at radius 3 is 2.60 bits per heavy atom. The van der Waals surface area contributed by atoms with Crippen LogP contribution >= 0.6 is 15.9 Å². The van der Waals surface area contributed by atoms with Crippen molar-refractivity contribution in [3.05, 3.63) is 28.5 Å². The molecule has 1 aliphatic rings. The van der Waals surface area contributed by atoms with Crippen molar-refractivity contribution in [3.8, 4) is 5.75 Å². The molecule has 1 fully saturated rings. The highest BCUT2D eigenvalue weighted by atomic mass is 79.9. The van der Waals surface area contributed by atoms with Crippen molar-refractivity contribution in [2.24, 2.45) is 0 Å². The molecule has 0 N–H and O–H groups in total. The van der Waals surface area contributed by atoms with Crippen LogP contribution in [0.4, 0.5) is 9.18 Å². The third kappa shape index (κ3) is 5.07. The maximum absolute atomic E-state index is 13.9. The molecule has 1 aromatic rings. The molecule has 0 radical (unpaired) electrons. The quantitative estimate of drug-likeness (QED) is 0.703. The van der Waals surface area contributed by atoms with Gasteiger partial charge in [0.05, 0.1) is 13.7 Å². The van der Waals surface area contributed by atoms with Crippen molar-refractivity contribution in [1.82, 2.24) is 4.90 Å². The van der Waals surface area contributed by atoms with E-state index in [9.17, 15) is 14.0 Å². The van der Waals surface area contributed by atoms with Gasteiger partial charge >= 0.3 is 12.1 Å². The number of carbonyl (C=O) groups excluding carboxylic acids is 2. The molecule has 1 heterocycles. The summed E-state index contributed by atoms with van der Waals surface area (Å²) in [5, 5.41) is 0. The number of ether oxygens (including phenoxy) is 3. The van der Waals surface area contributed by atoms with E-state index in [2.05, 4.69) is 15.9 Å². The van der Waals surface area contributed by atoms with Crippen LogP contribution in [0.2, 0.25) is 0 Å². The SMILES string of the molecule is COC(=O)[C@@H]1C[C@H](Oc2cc(Br)ccc2F)CN1C(=O)OC(C)(C)C. The molecule has 1 saturated heterocycles. The van der Waals surface area contributed by atoms with E-state index < -0.39 is 35.6 Å². The van der Waals surface area contributed by atoms with Crippen LogP contribution < -0.4 is 4.74 Å². The predicted molar refractivity (Wildman–Crippen MR) is 91.9 cm³/mol. The van der Waals surface area contributed by atoms with Crippen LogP contribution in [-0.2, 0) is 14.3 Å². The van der Waals surface area contributed by atoms with Gasteiger partial charge in [-0.1, -0.05) is 15.9 Å². The molecule has 2 atom stereocenters. The average Bonchev–Trinajstić information content (AvgIpc) is 2.92. The fraction of sp³-hybridized carbons (Fsp3) is 0.529. The molecule has 138 valence electrons. The minimum Gasteiger partial charge on any atom is -0.485 e. The molecule has 0 unspecified atom stereocenters. The Kier molecular flexibility index (Phi) is 5.92. The number of carbonyl (C=O) groups is 2. The van der Waals surface area contributed by atoms with E-state index in [-0.39, 0.29) is 18.7 Å². The number of esters is 1. The number of rotatable bonds is 3. The van der Waals surface area contributed by atoms with Crippen LogP contribution in [0.25, 0.3) is 0 Å². The van der Waals surface area contributed by atoms with E-state index in [1.54, 1.807) is 26.8 Å². The molecule has 1 aromatic carbocycles. The van der Waals surface area contributed by atoms with E-state index in [1.807, 2.05) is 0 Å². The molecular weight excluding hydrogens is 397 g/mol. The Hall–Kier alpha value is -1.83. The molecule has 8 heteroatoms. The Labute approximate surface area is 154 Å². The second-order valence-electron chi connectivity index (χ2n) is 6.72. The Morgan fingerprint density at radius 1 is 1.32 bits per heavy atom. The van der Waals surface area contributed by atoms with E-state index in [0.29, 0.717) is 4.47 Å². The van der Waals surface area contributed by atoms with Gasteiger partial charge in [0.25, 0.3) is 0 Å². The van der Waals surface area contributed by atoms with Crippen molar-refractivity contribution in [2.75, 3.05) is 13.7 Å². The number of methoxy groups -OCH3 is 1. The largest absolute Gasteiger partial charge is 0.485 e. The highest BCUT2D eigenvalue weighted by molar-refractivity contribution is 9.10. The molecular formula is C17H21BrFNO5. The zero-order valence-electron chi connectivity index (χ0n) is 14.5. The van der Waals surface area contributed by atoms with Crippen LogP contribution in [0.5, 0.6) is 5.75 Å². The number of benzene rings is 1. The zero-order chi connectivity index (χ0) is 18.8. The number of hydrogen-bond acceptors (Lipinski definition) is 5. The van der Waals surface area contributed by atoms with E-state index >= 15 is 0 Å². The smallest absolute Gasteiger partial charge is 0.411 e. The fourth-order valence-electron chi connectivity index (χ4n) is 2.51. The van der Waals surface area contributed by atoms with Crippen molar-refractivity contribution in [1.29, 1.82) is 0 Å². The summed E-state index contributed by atoms with van der Waals surface area (Å²) >= 11 is 3.25. The molecule has 0 aromatic heterocycles. The van der Waals surface area contributed by atoms with Gasteiger partial charge in [0.1, 0.15) is 17.7 Å².